The molecule has 4 rings (SSSR count). The molecule has 0 aliphatic carbocycles. The van der Waals surface area contributed by atoms with Gasteiger partial charge in [0.2, 0.25) is 0 Å². The molecule has 0 saturated carbocycles. The van der Waals surface area contributed by atoms with Gasteiger partial charge in [-0.05, 0) is 61.4 Å². The Morgan fingerprint density at radius 3 is 1.65 bits per heavy atom. The van der Waals surface area contributed by atoms with E-state index in [-0.39, 0.29) is 34.8 Å². The van der Waals surface area contributed by atoms with Crippen molar-refractivity contribution < 1.29 is 8.82 Å². The van der Waals surface area contributed by atoms with E-state index in [0.29, 0.717) is 12.1 Å². The molecule has 0 aliphatic heterocycles. The van der Waals surface area contributed by atoms with Gasteiger partial charge >= 0.3 is 0 Å². The van der Waals surface area contributed by atoms with Crippen molar-refractivity contribution in [2.45, 2.75) is 65.3 Å². The van der Waals surface area contributed by atoms with E-state index in [2.05, 4.69) is 130 Å². The fourth-order valence-electron chi connectivity index (χ4n) is 3.73. The van der Waals surface area contributed by atoms with Gasteiger partial charge in [-0.1, -0.05) is 119 Å². The largest absolute Gasteiger partial charge is 0.408 e. The van der Waals surface area contributed by atoms with Crippen LogP contribution in [0.4, 0.5) is 4.39 Å². The predicted molar refractivity (Wildman–Crippen MR) is 189 cm³/mol. The second-order valence-electron chi connectivity index (χ2n) is 10.9. The average Bonchev–Trinajstić information content (AvgIpc) is 3.33. The standard InChI is InChI=1S/C18H15P.C15H26FNOSSi.HI/c1-4-10-16(11-5-1)19(17-12-6-2-7-13-17)18-14-8-3-9-15-18;1-8-14(18-20(6,7)15(3,4)5)13(16)9-12-10-19-11(2)17-12;/h1-15H;9-10,14H,8H2,1-7H3;1H/t;14-;/m.0./s1. The number of aryl methyl sites for hydroxylation is 1. The summed E-state index contributed by atoms with van der Waals surface area (Å²) in [5.41, 5.74) is 0.683. The number of rotatable bonds is 8. The highest BCUT2D eigenvalue weighted by Crippen LogP contribution is 2.38. The van der Waals surface area contributed by atoms with Gasteiger partial charge in [0.25, 0.3) is 0 Å². The minimum atomic E-state index is -1.96. The molecule has 0 bridgehead atoms. The van der Waals surface area contributed by atoms with Crippen LogP contribution in [0.2, 0.25) is 18.1 Å². The van der Waals surface area contributed by atoms with Gasteiger partial charge in [-0.3, -0.25) is 0 Å². The fraction of sp³-hybridized carbons (Fsp3) is 0.303. The number of nitrogens with zero attached hydrogens (tertiary/aromatic N) is 1. The lowest BCUT2D eigenvalue weighted by molar-refractivity contribution is 0.185. The van der Waals surface area contributed by atoms with Crippen LogP contribution in [-0.4, -0.2) is 19.4 Å². The monoisotopic (exact) mass is 705 g/mol. The summed E-state index contributed by atoms with van der Waals surface area (Å²) in [7, 11) is -2.41. The summed E-state index contributed by atoms with van der Waals surface area (Å²) in [6.07, 6.45) is 1.68. The third kappa shape index (κ3) is 9.99. The predicted octanol–water partition coefficient (Wildman–Crippen LogP) is 9.63. The summed E-state index contributed by atoms with van der Waals surface area (Å²) < 4.78 is 20.6. The van der Waals surface area contributed by atoms with Gasteiger partial charge < -0.3 is 4.43 Å². The molecule has 0 aliphatic rings. The normalized spacial score (nSPS) is 12.8. The third-order valence-corrected chi connectivity index (χ3v) is 14.6. The molecule has 0 spiro atoms. The van der Waals surface area contributed by atoms with Crippen LogP contribution in [0.15, 0.2) is 102 Å². The molecule has 0 N–H and O–H groups in total. The highest BCUT2D eigenvalue weighted by atomic mass is 127. The van der Waals surface area contributed by atoms with Crippen molar-refractivity contribution in [1.29, 1.82) is 0 Å². The second kappa shape index (κ2) is 16.1. The molecule has 1 aromatic heterocycles. The number of aromatic nitrogens is 1. The lowest BCUT2D eigenvalue weighted by atomic mass is 10.2. The van der Waals surface area contributed by atoms with Crippen molar-refractivity contribution >= 4 is 73.5 Å². The van der Waals surface area contributed by atoms with Gasteiger partial charge in [0.1, 0.15) is 5.83 Å². The fourth-order valence-corrected chi connectivity index (χ4v) is 7.95. The highest BCUT2D eigenvalue weighted by Gasteiger charge is 2.39. The van der Waals surface area contributed by atoms with Crippen molar-refractivity contribution in [3.05, 3.63) is 113 Å². The molecule has 2 nitrogen and oxygen atoms in total. The van der Waals surface area contributed by atoms with Gasteiger partial charge in [-0.2, -0.15) is 0 Å². The van der Waals surface area contributed by atoms with Gasteiger partial charge in [0, 0.05) is 5.38 Å². The van der Waals surface area contributed by atoms with Crippen LogP contribution >= 0.6 is 43.2 Å². The van der Waals surface area contributed by atoms with E-state index in [9.17, 15) is 4.39 Å². The van der Waals surface area contributed by atoms with Gasteiger partial charge in [-0.15, -0.1) is 35.3 Å². The van der Waals surface area contributed by atoms with Crippen LogP contribution in [0.1, 0.15) is 44.8 Å². The first-order chi connectivity index (χ1) is 18.5. The van der Waals surface area contributed by atoms with Crippen molar-refractivity contribution in [3.8, 4) is 0 Å². The molecular weight excluding hydrogens is 663 g/mol. The maximum Gasteiger partial charge on any atom is 0.193 e. The van der Waals surface area contributed by atoms with Crippen molar-refractivity contribution in [1.82, 2.24) is 4.98 Å². The van der Waals surface area contributed by atoms with E-state index in [0.717, 1.165) is 5.01 Å². The molecule has 1 atom stereocenters. The zero-order valence-corrected chi connectivity index (χ0v) is 29.6. The maximum absolute atomic E-state index is 14.4. The smallest absolute Gasteiger partial charge is 0.193 e. The van der Waals surface area contributed by atoms with Gasteiger partial charge in [-0.25, -0.2) is 9.37 Å². The Morgan fingerprint density at radius 2 is 1.32 bits per heavy atom. The summed E-state index contributed by atoms with van der Waals surface area (Å²) in [5.74, 6) is -0.220. The molecule has 214 valence electrons. The summed E-state index contributed by atoms with van der Waals surface area (Å²) in [6.45, 7) is 14.7. The van der Waals surface area contributed by atoms with Crippen molar-refractivity contribution in [3.63, 3.8) is 0 Å². The summed E-state index contributed by atoms with van der Waals surface area (Å²) in [5, 5.41) is 7.09. The van der Waals surface area contributed by atoms with E-state index in [1.807, 2.05) is 19.2 Å². The number of halogens is 2. The molecule has 4 aromatic rings. The van der Waals surface area contributed by atoms with Crippen LogP contribution < -0.4 is 15.9 Å². The maximum atomic E-state index is 14.4. The number of thiazole rings is 1. The second-order valence-corrected chi connectivity index (χ2v) is 19.0. The Kier molecular flexibility index (Phi) is 13.9. The SMILES string of the molecule is CC[C@H](O[Si](C)(C)C(C)(C)C)C(F)=Cc1csc(C)n1.I.c1ccc(P(c2ccccc2)c2ccccc2)cc1. The van der Waals surface area contributed by atoms with Crippen molar-refractivity contribution in [2.75, 3.05) is 0 Å². The van der Waals surface area contributed by atoms with E-state index >= 15 is 0 Å². The first-order valence-electron chi connectivity index (χ1n) is 13.4. The van der Waals surface area contributed by atoms with Crippen LogP contribution in [-0.2, 0) is 4.43 Å². The summed E-state index contributed by atoms with van der Waals surface area (Å²) >= 11 is 1.53. The van der Waals surface area contributed by atoms with E-state index < -0.39 is 22.3 Å². The minimum absolute atomic E-state index is 0. The molecular formula is C33H42FINOPSSi. The minimum Gasteiger partial charge on any atom is -0.408 e. The Bertz CT molecular complexity index is 1220. The van der Waals surface area contributed by atoms with Gasteiger partial charge in [0.15, 0.2) is 8.32 Å². The molecule has 1 heterocycles. The van der Waals surface area contributed by atoms with Crippen LogP contribution in [0.25, 0.3) is 6.08 Å². The molecule has 0 unspecified atom stereocenters. The lowest BCUT2D eigenvalue weighted by Crippen LogP contribution is -2.44. The van der Waals surface area contributed by atoms with Crippen LogP contribution in [0.3, 0.4) is 0 Å². The summed E-state index contributed by atoms with van der Waals surface area (Å²) in [6, 6.07) is 32.3. The first-order valence-corrected chi connectivity index (χ1v) is 18.6. The van der Waals surface area contributed by atoms with Crippen LogP contribution in [0.5, 0.6) is 0 Å². The zero-order chi connectivity index (χ0) is 28.5. The molecule has 0 radical (unpaired) electrons. The Labute approximate surface area is 264 Å². The number of benzene rings is 3. The average molecular weight is 706 g/mol. The Balaban J connectivity index is 0.000000273. The van der Waals surface area contributed by atoms with E-state index in [1.54, 1.807) is 0 Å². The topological polar surface area (TPSA) is 22.1 Å². The Morgan fingerprint density at radius 1 is 0.900 bits per heavy atom. The zero-order valence-electron chi connectivity index (χ0n) is 24.6. The van der Waals surface area contributed by atoms with E-state index in [1.165, 1.54) is 33.3 Å². The molecule has 40 heavy (non-hydrogen) atoms. The summed E-state index contributed by atoms with van der Waals surface area (Å²) in [4.78, 5) is 4.27. The quantitative estimate of drug-likeness (QED) is 0.104. The van der Waals surface area contributed by atoms with Crippen molar-refractivity contribution in [2.24, 2.45) is 0 Å². The van der Waals surface area contributed by atoms with E-state index in [4.69, 9.17) is 4.43 Å². The lowest BCUT2D eigenvalue weighted by Gasteiger charge is -2.38. The molecule has 0 amide bonds. The molecule has 0 fully saturated rings. The number of hydrogen-bond acceptors (Lipinski definition) is 3. The molecule has 3 aromatic carbocycles. The highest BCUT2D eigenvalue weighted by molar-refractivity contribution is 14.0. The van der Waals surface area contributed by atoms with Gasteiger partial charge in [0.05, 0.1) is 16.8 Å². The Hall–Kier alpha value is -1.70. The third-order valence-electron chi connectivity index (χ3n) is 6.89. The first kappa shape index (κ1) is 34.5. The number of hydrogen-bond donors (Lipinski definition) is 0. The molecule has 0 saturated heterocycles. The molecule has 7 heteroatoms. The van der Waals surface area contributed by atoms with Crippen LogP contribution in [0, 0.1) is 6.92 Å².